The van der Waals surface area contributed by atoms with E-state index in [1.807, 2.05) is 22.5 Å². The van der Waals surface area contributed by atoms with Crippen LogP contribution in [0.1, 0.15) is 73.0 Å². The largest absolute Gasteiger partial charge is 0.505 e. The lowest BCUT2D eigenvalue weighted by Crippen LogP contribution is -2.75. The predicted molar refractivity (Wildman–Crippen MR) is 173 cm³/mol. The molecule has 14 nitrogen and oxygen atoms in total. The highest BCUT2D eigenvalue weighted by Gasteiger charge is 2.72. The van der Waals surface area contributed by atoms with Crippen LogP contribution in [0.2, 0.25) is 0 Å². The number of aromatic nitrogens is 5. The van der Waals surface area contributed by atoms with Crippen molar-refractivity contribution in [1.82, 2.24) is 34.4 Å². The highest BCUT2D eigenvalue weighted by atomic mass is 16.5. The minimum atomic E-state index is -0.357. The van der Waals surface area contributed by atoms with Gasteiger partial charge in [0.2, 0.25) is 11.7 Å². The second-order valence-corrected chi connectivity index (χ2v) is 14.4. The number of aromatic hydroxyl groups is 1. The fourth-order valence-electron chi connectivity index (χ4n) is 8.99. The minimum Gasteiger partial charge on any atom is -0.505 e. The summed E-state index contributed by atoms with van der Waals surface area (Å²) >= 11 is 0. The van der Waals surface area contributed by atoms with Crippen molar-refractivity contribution in [3.63, 3.8) is 0 Å². The van der Waals surface area contributed by atoms with Crippen LogP contribution >= 0.6 is 0 Å². The van der Waals surface area contributed by atoms with Gasteiger partial charge in [0.1, 0.15) is 18.0 Å². The van der Waals surface area contributed by atoms with E-state index in [2.05, 4.69) is 15.4 Å². The molecule has 3 aromatic heterocycles. The summed E-state index contributed by atoms with van der Waals surface area (Å²) < 4.78 is 14.2. The van der Waals surface area contributed by atoms with Crippen LogP contribution in [0.25, 0.3) is 11.4 Å². The molecule has 48 heavy (non-hydrogen) atoms. The van der Waals surface area contributed by atoms with Gasteiger partial charge in [-0.05, 0) is 61.9 Å². The summed E-state index contributed by atoms with van der Waals surface area (Å²) in [6.45, 7) is 4.91. The van der Waals surface area contributed by atoms with Crippen LogP contribution in [0.5, 0.6) is 11.5 Å². The number of piperazine rings is 1. The summed E-state index contributed by atoms with van der Waals surface area (Å²) in [5.41, 5.74) is 2.80. The zero-order valence-electron chi connectivity index (χ0n) is 27.2. The minimum absolute atomic E-state index is 0.0149. The molecule has 0 spiro atoms. The van der Waals surface area contributed by atoms with Crippen molar-refractivity contribution >= 4 is 28.9 Å². The highest BCUT2D eigenvalue weighted by molar-refractivity contribution is 5.95. The molecular weight excluding hydrogens is 616 g/mol. The molecule has 2 bridgehead atoms. The van der Waals surface area contributed by atoms with E-state index in [-0.39, 0.29) is 40.9 Å². The van der Waals surface area contributed by atoms with Gasteiger partial charge in [-0.25, -0.2) is 4.98 Å². The number of hydrogen-bond acceptors (Lipinski definition) is 10. The van der Waals surface area contributed by atoms with Crippen LogP contribution < -0.4 is 20.5 Å². The normalized spacial score (nSPS) is 26.0. The van der Waals surface area contributed by atoms with Gasteiger partial charge in [-0.1, -0.05) is 13.0 Å². The molecule has 3 aliphatic heterocycles. The number of pyridine rings is 1. The number of amides is 2. The first-order chi connectivity index (χ1) is 23.3. The molecule has 7 aliphatic rings. The predicted octanol–water partition coefficient (Wildman–Crippen LogP) is 1.70. The van der Waals surface area contributed by atoms with E-state index >= 15 is 0 Å². The van der Waals surface area contributed by atoms with Crippen molar-refractivity contribution in [2.45, 2.75) is 70.4 Å². The topological polar surface area (TPSA) is 156 Å². The van der Waals surface area contributed by atoms with E-state index in [9.17, 15) is 19.5 Å². The summed E-state index contributed by atoms with van der Waals surface area (Å²) in [4.78, 5) is 54.1. The molecule has 6 heterocycles. The Hall–Kier alpha value is -4.46. The second kappa shape index (κ2) is 10.8. The zero-order chi connectivity index (χ0) is 32.8. The molecule has 3 aromatic rings. The van der Waals surface area contributed by atoms with Gasteiger partial charge in [-0.15, -0.1) is 5.10 Å². The maximum absolute atomic E-state index is 14.3. The van der Waals surface area contributed by atoms with E-state index in [1.54, 1.807) is 4.90 Å². The van der Waals surface area contributed by atoms with Crippen molar-refractivity contribution in [3.8, 4) is 11.5 Å². The quantitative estimate of drug-likeness (QED) is 0.366. The Bertz CT molecular complexity index is 1930. The first-order valence-corrected chi connectivity index (χ1v) is 17.3. The fourth-order valence-corrected chi connectivity index (χ4v) is 8.99. The molecular formula is C34H40N8O6. The van der Waals surface area contributed by atoms with Gasteiger partial charge in [0.05, 0.1) is 31.7 Å². The number of nitrogens with zero attached hydrogens (tertiary/aromatic N) is 7. The van der Waals surface area contributed by atoms with Crippen molar-refractivity contribution in [1.29, 1.82) is 0 Å². The van der Waals surface area contributed by atoms with Gasteiger partial charge in [-0.2, -0.15) is 9.50 Å². The van der Waals surface area contributed by atoms with E-state index in [1.165, 1.54) is 23.6 Å². The first kappa shape index (κ1) is 29.7. The molecule has 4 aliphatic carbocycles. The SMILES string of the molecule is CCc1c(N2CCN(C(=O)c3ncc4c(c3O)CCO4)CC2)c(=O)n2nc(C3=CCOCC3)nc2n1CC(=O)NC12CC(C3CC3)(C1)C2. The summed E-state index contributed by atoms with van der Waals surface area (Å²) in [6.07, 6.45) is 11.0. The Kier molecular flexibility index (Phi) is 6.66. The Balaban J connectivity index is 1.01. The number of hydrogen-bond donors (Lipinski definition) is 2. The van der Waals surface area contributed by atoms with Gasteiger partial charge >= 0.3 is 0 Å². The highest BCUT2D eigenvalue weighted by Crippen LogP contribution is 2.75. The monoisotopic (exact) mass is 656 g/mol. The molecule has 10 rings (SSSR count). The van der Waals surface area contributed by atoms with Gasteiger partial charge < -0.3 is 34.3 Å². The van der Waals surface area contributed by atoms with Gasteiger partial charge in [-0.3, -0.25) is 14.4 Å². The van der Waals surface area contributed by atoms with Gasteiger partial charge in [0, 0.05) is 43.7 Å². The van der Waals surface area contributed by atoms with Crippen molar-refractivity contribution in [2.24, 2.45) is 11.3 Å². The standard InChI is InChI=1S/C34H40N8O6/c1-2-23-27(39-8-10-40(11-9-39)30(45)26-28(44)22-7-14-48-24(22)15-35-26)31(46)42-32(36-29(38-42)20-5-12-47-13-6-20)41(23)16-25(43)37-34-17-33(18-34,19-34)21-3-4-21/h5,15,21,44H,2-4,6-14,16-19H2,1H3,(H,37,43). The molecule has 5 fully saturated rings. The van der Waals surface area contributed by atoms with Crippen LogP contribution in [-0.2, 0) is 28.9 Å². The van der Waals surface area contributed by atoms with Crippen molar-refractivity contribution < 1.29 is 24.2 Å². The molecule has 2 N–H and O–H groups in total. The summed E-state index contributed by atoms with van der Waals surface area (Å²) in [5, 5.41) is 18.8. The number of anilines is 1. The average Bonchev–Trinajstić information content (AvgIpc) is 3.60. The van der Waals surface area contributed by atoms with E-state index in [0.717, 1.165) is 30.8 Å². The lowest BCUT2D eigenvalue weighted by atomic mass is 9.37. The molecule has 1 saturated heterocycles. The number of nitrogens with one attached hydrogen (secondary N) is 1. The van der Waals surface area contributed by atoms with Gasteiger partial charge in [0.25, 0.3) is 11.5 Å². The first-order valence-electron chi connectivity index (χ1n) is 17.3. The molecule has 0 unspecified atom stereocenters. The Morgan fingerprint density at radius 1 is 1.10 bits per heavy atom. The average molecular weight is 657 g/mol. The lowest BCUT2D eigenvalue weighted by molar-refractivity contribution is -0.176. The number of carbonyl (C=O) groups excluding carboxylic acids is 2. The van der Waals surface area contributed by atoms with Crippen LogP contribution in [0, 0.1) is 11.3 Å². The van der Waals surface area contributed by atoms with Crippen LogP contribution in [-0.4, -0.2) is 97.5 Å². The summed E-state index contributed by atoms with van der Waals surface area (Å²) in [5.74, 6) is 1.61. The van der Waals surface area contributed by atoms with Gasteiger partial charge in [0.15, 0.2) is 17.3 Å². The Morgan fingerprint density at radius 3 is 2.60 bits per heavy atom. The fraction of sp³-hybridized carbons (Fsp3) is 0.588. The molecule has 2 amide bonds. The number of fused-ring (bicyclic) bond motifs is 2. The lowest BCUT2D eigenvalue weighted by Gasteiger charge is -2.71. The third-order valence-corrected chi connectivity index (χ3v) is 11.4. The smallest absolute Gasteiger partial charge is 0.299 e. The van der Waals surface area contributed by atoms with E-state index in [0.29, 0.717) is 105 Å². The number of ether oxygens (including phenoxy) is 2. The third-order valence-electron chi connectivity index (χ3n) is 11.4. The molecule has 0 atom stereocenters. The number of rotatable bonds is 8. The summed E-state index contributed by atoms with van der Waals surface area (Å²) in [7, 11) is 0. The van der Waals surface area contributed by atoms with E-state index in [4.69, 9.17) is 14.5 Å². The molecule has 252 valence electrons. The van der Waals surface area contributed by atoms with Crippen LogP contribution in [0.4, 0.5) is 5.69 Å². The maximum atomic E-state index is 14.3. The zero-order valence-corrected chi connectivity index (χ0v) is 27.2. The second-order valence-electron chi connectivity index (χ2n) is 14.4. The molecule has 0 radical (unpaired) electrons. The van der Waals surface area contributed by atoms with Crippen molar-refractivity contribution in [3.05, 3.63) is 45.4 Å². The Labute approximate surface area is 276 Å². The third kappa shape index (κ3) is 4.55. The molecule has 14 heteroatoms. The number of carbonyl (C=O) groups is 2. The summed E-state index contributed by atoms with van der Waals surface area (Å²) in [6, 6.07) is 0. The van der Waals surface area contributed by atoms with E-state index < -0.39 is 0 Å². The Morgan fingerprint density at radius 2 is 1.90 bits per heavy atom. The maximum Gasteiger partial charge on any atom is 0.299 e. The van der Waals surface area contributed by atoms with Crippen LogP contribution in [0.3, 0.4) is 0 Å². The van der Waals surface area contributed by atoms with Crippen molar-refractivity contribution in [2.75, 3.05) is 50.9 Å². The van der Waals surface area contributed by atoms with Crippen LogP contribution in [0.15, 0.2) is 17.1 Å². The molecule has 0 aromatic carbocycles. The molecule has 4 saturated carbocycles.